The Bertz CT molecular complexity index is 311. The van der Waals surface area contributed by atoms with Gasteiger partial charge in [0.1, 0.15) is 0 Å². The minimum Gasteiger partial charge on any atom is -0.320 e. The Kier molecular flexibility index (Phi) is 4.58. The van der Waals surface area contributed by atoms with Crippen LogP contribution in [0.25, 0.3) is 0 Å². The lowest BCUT2D eigenvalue weighted by atomic mass is 9.99. The number of hydrogen-bond acceptors (Lipinski definition) is 2. The number of carbonyl (C=O) groups excluding carboxylic acids is 1. The molecule has 106 valence electrons. The molecule has 3 unspecified atom stereocenters. The van der Waals surface area contributed by atoms with Crippen molar-refractivity contribution < 1.29 is 22.4 Å². The van der Waals surface area contributed by atoms with Crippen molar-refractivity contribution in [2.24, 2.45) is 5.92 Å². The summed E-state index contributed by atoms with van der Waals surface area (Å²) in [4.78, 5) is 12.7. The van der Waals surface area contributed by atoms with Gasteiger partial charge in [-0.15, -0.1) is 0 Å². The first-order chi connectivity index (χ1) is 8.20. The van der Waals surface area contributed by atoms with Crippen molar-refractivity contribution in [2.75, 3.05) is 6.54 Å². The fraction of sp³-hybridized carbons (Fsp3) is 0.909. The molecule has 1 aliphatic heterocycles. The Morgan fingerprint density at radius 1 is 1.44 bits per heavy atom. The van der Waals surface area contributed by atoms with E-state index in [1.165, 1.54) is 6.92 Å². The van der Waals surface area contributed by atoms with E-state index in [4.69, 9.17) is 0 Å². The van der Waals surface area contributed by atoms with Crippen LogP contribution in [0.5, 0.6) is 0 Å². The highest BCUT2D eigenvalue weighted by Crippen LogP contribution is 2.27. The number of alkyl halides is 4. The second-order valence-corrected chi connectivity index (χ2v) is 4.73. The Morgan fingerprint density at radius 3 is 2.44 bits per heavy atom. The number of nitrogens with zero attached hydrogens (tertiary/aromatic N) is 1. The highest BCUT2D eigenvalue weighted by Gasteiger charge is 2.48. The summed E-state index contributed by atoms with van der Waals surface area (Å²) in [6.07, 6.45) is -3.71. The monoisotopic (exact) mass is 270 g/mol. The van der Waals surface area contributed by atoms with Crippen molar-refractivity contribution in [1.29, 1.82) is 0 Å². The maximum absolute atomic E-state index is 13.0. The van der Waals surface area contributed by atoms with Crippen LogP contribution in [0.15, 0.2) is 0 Å². The number of halogens is 4. The average molecular weight is 270 g/mol. The normalized spacial score (nSPS) is 27.1. The van der Waals surface area contributed by atoms with Gasteiger partial charge in [0.25, 0.3) is 0 Å². The third-order valence-electron chi connectivity index (χ3n) is 3.35. The van der Waals surface area contributed by atoms with E-state index >= 15 is 0 Å². The van der Waals surface area contributed by atoms with Crippen molar-refractivity contribution in [3.8, 4) is 0 Å². The molecule has 0 aliphatic carbocycles. The van der Waals surface area contributed by atoms with Crippen molar-refractivity contribution in [2.45, 2.75) is 51.7 Å². The zero-order valence-electron chi connectivity index (χ0n) is 10.6. The highest BCUT2D eigenvalue weighted by atomic mass is 19.3. The summed E-state index contributed by atoms with van der Waals surface area (Å²) >= 11 is 0. The molecular weight excluding hydrogens is 252 g/mol. The molecular formula is C11H18F4N2O. The van der Waals surface area contributed by atoms with Gasteiger partial charge in [0.15, 0.2) is 0 Å². The van der Waals surface area contributed by atoms with E-state index in [1.54, 1.807) is 0 Å². The van der Waals surface area contributed by atoms with E-state index in [2.05, 4.69) is 5.32 Å². The first-order valence-corrected chi connectivity index (χ1v) is 5.93. The van der Waals surface area contributed by atoms with Crippen LogP contribution in [-0.2, 0) is 4.79 Å². The van der Waals surface area contributed by atoms with E-state index in [9.17, 15) is 22.4 Å². The molecule has 0 aromatic rings. The summed E-state index contributed by atoms with van der Waals surface area (Å²) in [5, 5.41) is 2.86. The Hall–Kier alpha value is -0.850. The molecule has 1 rings (SSSR count). The Labute approximate surface area is 104 Å². The van der Waals surface area contributed by atoms with E-state index in [1.807, 2.05) is 13.8 Å². The molecule has 0 saturated carbocycles. The molecule has 1 heterocycles. The first-order valence-electron chi connectivity index (χ1n) is 5.93. The van der Waals surface area contributed by atoms with E-state index in [-0.39, 0.29) is 5.92 Å². The quantitative estimate of drug-likeness (QED) is 0.776. The summed E-state index contributed by atoms with van der Waals surface area (Å²) in [5.74, 6) is -4.72. The van der Waals surface area contributed by atoms with Crippen LogP contribution in [-0.4, -0.2) is 41.9 Å². The van der Waals surface area contributed by atoms with Crippen molar-refractivity contribution >= 4 is 5.91 Å². The first kappa shape index (κ1) is 15.2. The van der Waals surface area contributed by atoms with Gasteiger partial charge < -0.3 is 4.90 Å². The molecule has 0 bridgehead atoms. The third-order valence-corrected chi connectivity index (χ3v) is 3.35. The zero-order valence-corrected chi connectivity index (χ0v) is 10.6. The Morgan fingerprint density at radius 2 is 2.00 bits per heavy atom. The van der Waals surface area contributed by atoms with Crippen molar-refractivity contribution in [1.82, 2.24) is 10.2 Å². The average Bonchev–Trinajstić information content (AvgIpc) is 2.55. The predicted octanol–water partition coefficient (Wildman–Crippen LogP) is 2.08. The van der Waals surface area contributed by atoms with Crippen LogP contribution in [0.4, 0.5) is 17.6 Å². The molecule has 7 heteroatoms. The van der Waals surface area contributed by atoms with Crippen molar-refractivity contribution in [3.05, 3.63) is 0 Å². The lowest BCUT2D eigenvalue weighted by Gasteiger charge is -2.26. The molecule has 0 spiro atoms. The van der Waals surface area contributed by atoms with Gasteiger partial charge in [-0.25, -0.2) is 8.78 Å². The highest BCUT2D eigenvalue weighted by molar-refractivity contribution is 5.84. The molecule has 3 atom stereocenters. The van der Waals surface area contributed by atoms with Gasteiger partial charge in [0.05, 0.1) is 18.8 Å². The fourth-order valence-corrected chi connectivity index (χ4v) is 1.94. The second kappa shape index (κ2) is 5.42. The predicted molar refractivity (Wildman–Crippen MR) is 58.5 cm³/mol. The fourth-order valence-electron chi connectivity index (χ4n) is 1.94. The molecule has 0 radical (unpaired) electrons. The third kappa shape index (κ3) is 2.93. The van der Waals surface area contributed by atoms with Gasteiger partial charge in [-0.2, -0.15) is 8.78 Å². The van der Waals surface area contributed by atoms with Gasteiger partial charge in [-0.3, -0.25) is 10.1 Å². The molecule has 1 aliphatic rings. The Balaban J connectivity index is 2.76. The summed E-state index contributed by atoms with van der Waals surface area (Å²) in [7, 11) is 0. The zero-order chi connectivity index (χ0) is 14.1. The topological polar surface area (TPSA) is 32.3 Å². The lowest BCUT2D eigenvalue weighted by Crippen LogP contribution is -2.46. The van der Waals surface area contributed by atoms with Crippen LogP contribution in [0.1, 0.15) is 27.2 Å². The SMILES string of the molecule is CCC(C)C1NC(C)N(CC(F)(F)C(F)F)C1=O. The number of hydrogen-bond donors (Lipinski definition) is 1. The van der Waals surface area contributed by atoms with Gasteiger partial charge >= 0.3 is 12.3 Å². The van der Waals surface area contributed by atoms with Crippen LogP contribution in [0.2, 0.25) is 0 Å². The molecule has 1 N–H and O–H groups in total. The summed E-state index contributed by atoms with van der Waals surface area (Å²) < 4.78 is 50.2. The number of carbonyl (C=O) groups is 1. The smallest absolute Gasteiger partial charge is 0.320 e. The number of nitrogens with one attached hydrogen (secondary N) is 1. The minimum absolute atomic E-state index is 0.0230. The van der Waals surface area contributed by atoms with Gasteiger partial charge in [0, 0.05) is 0 Å². The summed E-state index contributed by atoms with van der Waals surface area (Å²) in [5.41, 5.74) is 0. The van der Waals surface area contributed by atoms with Gasteiger partial charge in [-0.1, -0.05) is 20.3 Å². The maximum Gasteiger partial charge on any atom is 0.324 e. The van der Waals surface area contributed by atoms with Gasteiger partial charge in [0.2, 0.25) is 5.91 Å². The van der Waals surface area contributed by atoms with E-state index in [0.29, 0.717) is 6.42 Å². The largest absolute Gasteiger partial charge is 0.324 e. The van der Waals surface area contributed by atoms with Crippen LogP contribution >= 0.6 is 0 Å². The molecule has 0 aromatic carbocycles. The maximum atomic E-state index is 13.0. The molecule has 3 nitrogen and oxygen atoms in total. The van der Waals surface area contributed by atoms with Crippen molar-refractivity contribution in [3.63, 3.8) is 0 Å². The molecule has 1 fully saturated rings. The molecule has 18 heavy (non-hydrogen) atoms. The minimum atomic E-state index is -4.17. The van der Waals surface area contributed by atoms with E-state index in [0.717, 1.165) is 4.90 Å². The molecule has 1 amide bonds. The van der Waals surface area contributed by atoms with Crippen LogP contribution in [0, 0.1) is 5.92 Å². The van der Waals surface area contributed by atoms with Crippen LogP contribution < -0.4 is 5.32 Å². The van der Waals surface area contributed by atoms with Crippen LogP contribution in [0.3, 0.4) is 0 Å². The molecule has 0 aromatic heterocycles. The van der Waals surface area contributed by atoms with Gasteiger partial charge in [-0.05, 0) is 12.8 Å². The second-order valence-electron chi connectivity index (χ2n) is 4.73. The standard InChI is InChI=1S/C11H18F4N2O/c1-4-6(2)8-9(18)17(7(3)16-8)5-11(14,15)10(12)13/h6-8,10,16H,4-5H2,1-3H3. The summed E-state index contributed by atoms with van der Waals surface area (Å²) in [6.45, 7) is 3.96. The number of amides is 1. The van der Waals surface area contributed by atoms with E-state index < -0.39 is 37.0 Å². The lowest BCUT2D eigenvalue weighted by molar-refractivity contribution is -0.156. The number of rotatable bonds is 5. The summed E-state index contributed by atoms with van der Waals surface area (Å²) in [6, 6.07) is -0.571. The molecule has 1 saturated heterocycles.